The summed E-state index contributed by atoms with van der Waals surface area (Å²) in [6.07, 6.45) is 1.69. The summed E-state index contributed by atoms with van der Waals surface area (Å²) in [6.45, 7) is 5.08. The minimum absolute atomic E-state index is 0.0990. The van der Waals surface area contributed by atoms with Crippen LogP contribution >= 0.6 is 0 Å². The van der Waals surface area contributed by atoms with E-state index in [4.69, 9.17) is 14.0 Å². The van der Waals surface area contributed by atoms with Crippen LogP contribution in [0.5, 0.6) is 0 Å². The highest BCUT2D eigenvalue weighted by molar-refractivity contribution is 6.65. The van der Waals surface area contributed by atoms with Crippen molar-refractivity contribution < 1.29 is 23.5 Å². The Morgan fingerprint density at radius 1 is 1.60 bits per heavy atom. The predicted molar refractivity (Wildman–Crippen MR) is 57.4 cm³/mol. The van der Waals surface area contributed by atoms with Gasteiger partial charge in [-0.25, -0.2) is 4.79 Å². The molecule has 0 aliphatic carbocycles. The van der Waals surface area contributed by atoms with E-state index in [-0.39, 0.29) is 13.4 Å². The topological polar surface area (TPSA) is 65.0 Å². The molecule has 0 aromatic carbocycles. The molecule has 0 rings (SSSR count). The zero-order valence-electron chi connectivity index (χ0n) is 9.19. The molecule has 0 bridgehead atoms. The van der Waals surface area contributed by atoms with E-state index in [0.717, 1.165) is 6.08 Å². The molecule has 1 atom stereocenters. The average molecular weight is 234 g/mol. The fraction of sp³-hybridized carbons (Fsp3) is 0.667. The van der Waals surface area contributed by atoms with Crippen LogP contribution in [0.2, 0.25) is 12.6 Å². The van der Waals surface area contributed by atoms with E-state index < -0.39 is 14.5 Å². The molecule has 0 fully saturated rings. The van der Waals surface area contributed by atoms with Gasteiger partial charge in [-0.2, -0.15) is 0 Å². The van der Waals surface area contributed by atoms with Gasteiger partial charge < -0.3 is 18.7 Å². The molecule has 0 aromatic rings. The van der Waals surface area contributed by atoms with E-state index in [1.54, 1.807) is 7.11 Å². The maximum absolute atomic E-state index is 10.7. The first-order chi connectivity index (χ1) is 7.08. The summed E-state index contributed by atoms with van der Waals surface area (Å²) < 4.78 is 15.3. The fourth-order valence-electron chi connectivity index (χ4n) is 0.904. The minimum Gasteiger partial charge on any atom is -0.436 e. The number of esters is 1. The van der Waals surface area contributed by atoms with Gasteiger partial charge >= 0.3 is 14.5 Å². The van der Waals surface area contributed by atoms with Gasteiger partial charge in [-0.3, -0.25) is 0 Å². The van der Waals surface area contributed by atoms with Crippen molar-refractivity contribution in [1.29, 1.82) is 0 Å². The van der Waals surface area contributed by atoms with E-state index in [1.807, 2.05) is 6.55 Å². The molecule has 88 valence electrons. The van der Waals surface area contributed by atoms with Crippen molar-refractivity contribution in [3.05, 3.63) is 12.7 Å². The van der Waals surface area contributed by atoms with Crippen LogP contribution in [-0.4, -0.2) is 40.1 Å². The Bertz CT molecular complexity index is 209. The van der Waals surface area contributed by atoms with Crippen LogP contribution in [0.15, 0.2) is 12.7 Å². The number of carbonyl (C=O) groups is 1. The first-order valence-electron chi connectivity index (χ1n) is 4.67. The van der Waals surface area contributed by atoms with Crippen LogP contribution in [0, 0.1) is 0 Å². The second-order valence-electron chi connectivity index (χ2n) is 3.09. The van der Waals surface area contributed by atoms with Crippen molar-refractivity contribution >= 4 is 14.5 Å². The maximum Gasteiger partial charge on any atom is 0.337 e. The average Bonchev–Trinajstić information content (AvgIpc) is 2.26. The molecule has 0 aliphatic rings. The molecule has 0 saturated heterocycles. The molecule has 0 aliphatic heterocycles. The summed E-state index contributed by atoms with van der Waals surface area (Å²) in [5.41, 5.74) is 0. The zero-order chi connectivity index (χ0) is 11.7. The first kappa shape index (κ1) is 14.3. The Hall–Kier alpha value is -0.693. The van der Waals surface area contributed by atoms with Gasteiger partial charge in [-0.05, 0) is 19.0 Å². The van der Waals surface area contributed by atoms with Gasteiger partial charge in [0.05, 0.1) is 0 Å². The Kier molecular flexibility index (Phi) is 7.23. The Balaban J connectivity index is 3.86. The van der Waals surface area contributed by atoms with Gasteiger partial charge in [0.2, 0.25) is 0 Å². The lowest BCUT2D eigenvalue weighted by molar-refractivity contribution is -0.145. The van der Waals surface area contributed by atoms with Crippen molar-refractivity contribution in [3.8, 4) is 0 Å². The van der Waals surface area contributed by atoms with Crippen molar-refractivity contribution in [2.45, 2.75) is 19.0 Å². The lowest BCUT2D eigenvalue weighted by Crippen LogP contribution is -2.38. The smallest absolute Gasteiger partial charge is 0.337 e. The summed E-state index contributed by atoms with van der Waals surface area (Å²) in [6, 6.07) is 0.658. The summed E-state index contributed by atoms with van der Waals surface area (Å²) in [4.78, 5) is 10.7. The van der Waals surface area contributed by atoms with Crippen LogP contribution in [0.4, 0.5) is 0 Å². The molecule has 0 amide bonds. The Morgan fingerprint density at radius 2 is 2.27 bits per heavy atom. The molecule has 5 nitrogen and oxygen atoms in total. The normalized spacial score (nSPS) is 14.3. The standard InChI is InChI=1S/C9H18O5Si/c1-4-9(11)13-8-14-15(3,12-2)7-5-6-10/h4,10H,1,5-8H2,2-3H3. The van der Waals surface area contributed by atoms with Crippen molar-refractivity contribution in [1.82, 2.24) is 0 Å². The second-order valence-corrected chi connectivity index (χ2v) is 6.56. The van der Waals surface area contributed by atoms with Gasteiger partial charge in [0.1, 0.15) is 0 Å². The number of hydrogen-bond acceptors (Lipinski definition) is 5. The molecule has 1 unspecified atom stereocenters. The molecular weight excluding hydrogens is 216 g/mol. The second kappa shape index (κ2) is 7.58. The maximum atomic E-state index is 10.7. The lowest BCUT2D eigenvalue weighted by Gasteiger charge is -2.24. The fourth-order valence-corrected chi connectivity index (χ4v) is 2.48. The number of aliphatic hydroxyl groups excluding tert-OH is 1. The third-order valence-corrected chi connectivity index (χ3v) is 4.81. The highest BCUT2D eigenvalue weighted by Crippen LogP contribution is 2.14. The minimum atomic E-state index is -2.30. The van der Waals surface area contributed by atoms with Gasteiger partial charge in [-0.1, -0.05) is 6.58 Å². The van der Waals surface area contributed by atoms with E-state index in [2.05, 4.69) is 11.3 Å². The van der Waals surface area contributed by atoms with E-state index >= 15 is 0 Å². The van der Waals surface area contributed by atoms with Gasteiger partial charge in [0.25, 0.3) is 0 Å². The van der Waals surface area contributed by atoms with Crippen LogP contribution in [0.1, 0.15) is 6.42 Å². The molecule has 1 N–H and O–H groups in total. The number of aliphatic hydroxyl groups is 1. The summed E-state index contributed by atoms with van der Waals surface area (Å²) in [5.74, 6) is -0.524. The molecule has 6 heteroatoms. The molecule has 0 heterocycles. The first-order valence-corrected chi connectivity index (χ1v) is 7.19. The Labute approximate surface area is 90.9 Å². The third kappa shape index (κ3) is 6.40. The van der Waals surface area contributed by atoms with E-state index in [1.165, 1.54) is 0 Å². The van der Waals surface area contributed by atoms with Crippen molar-refractivity contribution in [3.63, 3.8) is 0 Å². The van der Waals surface area contributed by atoms with Gasteiger partial charge in [-0.15, -0.1) is 0 Å². The third-order valence-electron chi connectivity index (χ3n) is 1.95. The molecule has 0 radical (unpaired) electrons. The van der Waals surface area contributed by atoms with Crippen LogP contribution in [0.25, 0.3) is 0 Å². The van der Waals surface area contributed by atoms with Crippen LogP contribution in [0.3, 0.4) is 0 Å². The largest absolute Gasteiger partial charge is 0.436 e. The molecule has 0 spiro atoms. The predicted octanol–water partition coefficient (Wildman–Crippen LogP) is 0.790. The monoisotopic (exact) mass is 234 g/mol. The number of carbonyl (C=O) groups excluding carboxylic acids is 1. The van der Waals surface area contributed by atoms with Gasteiger partial charge in [0, 0.05) is 19.8 Å². The molecule has 15 heavy (non-hydrogen) atoms. The lowest BCUT2D eigenvalue weighted by atomic mass is 10.5. The van der Waals surface area contributed by atoms with E-state index in [0.29, 0.717) is 12.5 Å². The zero-order valence-corrected chi connectivity index (χ0v) is 10.2. The summed E-state index contributed by atoms with van der Waals surface area (Å²) >= 11 is 0. The Morgan fingerprint density at radius 3 is 2.73 bits per heavy atom. The van der Waals surface area contributed by atoms with Crippen LogP contribution in [-0.2, 0) is 18.4 Å². The van der Waals surface area contributed by atoms with Crippen molar-refractivity contribution in [2.24, 2.45) is 0 Å². The molecule has 0 saturated carbocycles. The van der Waals surface area contributed by atoms with E-state index in [9.17, 15) is 4.79 Å². The van der Waals surface area contributed by atoms with Crippen LogP contribution < -0.4 is 0 Å². The SMILES string of the molecule is C=CC(=O)OCO[Si](C)(CCCO)OC. The quantitative estimate of drug-likeness (QED) is 0.291. The molecular formula is C9H18O5Si. The number of ether oxygens (including phenoxy) is 1. The number of hydrogen-bond donors (Lipinski definition) is 1. The summed E-state index contributed by atoms with van der Waals surface area (Å²) in [7, 11) is -0.741. The number of rotatable bonds is 8. The highest BCUT2D eigenvalue weighted by Gasteiger charge is 2.29. The highest BCUT2D eigenvalue weighted by atomic mass is 28.4. The summed E-state index contributed by atoms with van der Waals surface area (Å²) in [5, 5.41) is 8.69. The van der Waals surface area contributed by atoms with Gasteiger partial charge in [0.15, 0.2) is 6.79 Å². The molecule has 0 aromatic heterocycles. The van der Waals surface area contributed by atoms with Crippen molar-refractivity contribution in [2.75, 3.05) is 20.5 Å².